The predicted octanol–water partition coefficient (Wildman–Crippen LogP) is -0.834. The third-order valence-corrected chi connectivity index (χ3v) is 13.9. The van der Waals surface area contributed by atoms with Crippen LogP contribution in [0.5, 0.6) is 0 Å². The Bertz CT molecular complexity index is 3550. The zero-order valence-electron chi connectivity index (χ0n) is 54.2. The lowest BCUT2D eigenvalue weighted by molar-refractivity contribution is -0.525. The first-order chi connectivity index (χ1) is 48.1. The van der Waals surface area contributed by atoms with Crippen molar-refractivity contribution in [1.82, 2.24) is 48.1 Å². The summed E-state index contributed by atoms with van der Waals surface area (Å²) in [7, 11) is 0. The van der Waals surface area contributed by atoms with Crippen LogP contribution in [-0.2, 0) is 105 Å². The number of nitro groups is 2. The number of nitrogens with zero attached hydrogens (tertiary/aromatic N) is 4. The number of guanidine groups is 2. The molecule has 0 bridgehead atoms. The summed E-state index contributed by atoms with van der Waals surface area (Å²) in [5.74, 6) is -11.4. The van der Waals surface area contributed by atoms with Gasteiger partial charge < -0.3 is 78.1 Å². The summed E-state index contributed by atoms with van der Waals surface area (Å²) in [5, 5.41) is 36.6. The van der Waals surface area contributed by atoms with Crippen molar-refractivity contribution < 1.29 is 81.7 Å². The largest absolute Gasteiger partial charge is 0.461 e. The van der Waals surface area contributed by atoms with Crippen LogP contribution in [0.2, 0.25) is 0 Å². The molecular weight excluding hydrogens is 1310 g/mol. The van der Waals surface area contributed by atoms with E-state index in [1.165, 1.54) is 0 Å². The van der Waals surface area contributed by atoms with Crippen molar-refractivity contribution in [2.75, 3.05) is 39.4 Å². The standard InChI is InChI=1S/C65H80N16O19/c66-48(28-16-30-69-64(67)78-80(92)93)58(86)71-34-54(82)73-50(32-56(84)98-38-45-22-10-3-11-23-45)60(88)76-52(41-96-36-43-18-6-1-7-19-43)62(90)75-49(29-17-31-70-65(68)79-81(94)95)59(87)72-35-55(83)74-51(33-57(85)99-39-46-24-12-4-13-25-46)61(89)77-53(42-97-37-44-20-8-2-9-21-44)63(91)100-40-47-26-14-5-15-27-47/h1-15,18-27,48-53H,16-17,28-42,66H2,(H,71,86)(H,72,87)(H,73,82)(H,74,83)(H,75,90)(H,76,88)(H,77,89)(H3,67,69,78)(H3,68,70,79)/t48-,49-,50-,51-,52-,53-/m0/s1. The highest BCUT2D eigenvalue weighted by atomic mass is 16.7. The maximum atomic E-state index is 14.6. The second-order valence-corrected chi connectivity index (χ2v) is 21.8. The van der Waals surface area contributed by atoms with E-state index in [0.717, 1.165) is 5.56 Å². The summed E-state index contributed by atoms with van der Waals surface area (Å²) in [6, 6.07) is 33.2. The molecular formula is C65H80N16O19. The monoisotopic (exact) mass is 1390 g/mol. The van der Waals surface area contributed by atoms with Gasteiger partial charge in [-0.25, -0.2) is 35.0 Å². The number of carbonyl (C=O) groups excluding carboxylic acids is 10. The molecule has 0 unspecified atom stereocenters. The zero-order valence-corrected chi connectivity index (χ0v) is 54.2. The Labute approximate surface area is 573 Å². The van der Waals surface area contributed by atoms with Gasteiger partial charge in [-0.1, -0.05) is 163 Å². The predicted molar refractivity (Wildman–Crippen MR) is 355 cm³/mol. The van der Waals surface area contributed by atoms with Crippen LogP contribution in [0.15, 0.2) is 162 Å². The minimum Gasteiger partial charge on any atom is -0.461 e. The van der Waals surface area contributed by atoms with Crippen molar-refractivity contribution in [2.45, 2.75) is 108 Å². The number of ether oxygens (including phenoxy) is 5. The molecule has 5 aromatic rings. The van der Waals surface area contributed by atoms with Crippen LogP contribution in [0.1, 0.15) is 66.3 Å². The Morgan fingerprint density at radius 1 is 0.410 bits per heavy atom. The Morgan fingerprint density at radius 2 is 0.750 bits per heavy atom. The van der Waals surface area contributed by atoms with Crippen molar-refractivity contribution in [1.29, 1.82) is 0 Å². The average Bonchev–Trinajstić information content (AvgIpc) is 0.905. The number of hydrogen-bond acceptors (Lipinski definition) is 22. The van der Waals surface area contributed by atoms with E-state index in [0.29, 0.717) is 22.3 Å². The number of aliphatic imine (C=N–C) groups is 2. The first-order valence-corrected chi connectivity index (χ1v) is 31.2. The number of amides is 7. The zero-order chi connectivity index (χ0) is 72.4. The van der Waals surface area contributed by atoms with Crippen LogP contribution in [0.3, 0.4) is 0 Å². The smallest absolute Gasteiger partial charge is 0.331 e. The van der Waals surface area contributed by atoms with E-state index in [2.05, 4.69) is 47.2 Å². The molecule has 35 nitrogen and oxygen atoms in total. The molecule has 0 saturated carbocycles. The molecule has 0 aromatic heterocycles. The minimum absolute atomic E-state index is 0.00880. The Balaban J connectivity index is 1.37. The summed E-state index contributed by atoms with van der Waals surface area (Å²) in [6.45, 7) is -3.97. The maximum absolute atomic E-state index is 14.6. The number of esters is 3. The first kappa shape index (κ1) is 78.7. The van der Waals surface area contributed by atoms with E-state index in [9.17, 15) is 68.2 Å². The topological polar surface area (TPSA) is 514 Å². The summed E-state index contributed by atoms with van der Waals surface area (Å²) >= 11 is 0. The van der Waals surface area contributed by atoms with Crippen molar-refractivity contribution >= 4 is 71.2 Å². The number of rotatable bonds is 43. The normalized spacial score (nSPS) is 12.9. The molecule has 0 spiro atoms. The van der Waals surface area contributed by atoms with E-state index in [1.54, 1.807) is 163 Å². The highest BCUT2D eigenvalue weighted by Crippen LogP contribution is 2.11. The third-order valence-electron chi connectivity index (χ3n) is 13.9. The van der Waals surface area contributed by atoms with Crippen LogP contribution in [0.4, 0.5) is 0 Å². The van der Waals surface area contributed by atoms with Gasteiger partial charge in [0.25, 0.3) is 11.9 Å². The average molecular weight is 1390 g/mol. The Hall–Kier alpha value is -12.0. The van der Waals surface area contributed by atoms with Gasteiger partial charge in [0.2, 0.25) is 41.4 Å². The molecule has 534 valence electrons. The molecule has 5 aromatic carbocycles. The van der Waals surface area contributed by atoms with E-state index in [4.69, 9.17) is 40.9 Å². The van der Waals surface area contributed by atoms with Gasteiger partial charge >= 0.3 is 17.9 Å². The molecule has 100 heavy (non-hydrogen) atoms. The van der Waals surface area contributed by atoms with Crippen LogP contribution < -0.4 is 65.3 Å². The first-order valence-electron chi connectivity index (χ1n) is 31.2. The fourth-order valence-electron chi connectivity index (χ4n) is 8.82. The Kier molecular flexibility index (Phi) is 34.6. The highest BCUT2D eigenvalue weighted by molar-refractivity contribution is 5.98. The van der Waals surface area contributed by atoms with Crippen LogP contribution >= 0.6 is 0 Å². The summed E-state index contributed by atoms with van der Waals surface area (Å²) < 4.78 is 28.1. The number of nitrogens with two attached hydrogens (primary N) is 3. The quantitative estimate of drug-likeness (QED) is 0.00431. The van der Waals surface area contributed by atoms with Crippen molar-refractivity contribution in [3.8, 4) is 0 Å². The van der Waals surface area contributed by atoms with E-state index >= 15 is 0 Å². The SMILES string of the molecule is NC(=NCCC[C@H](NC(=O)[C@H](COCc1ccccc1)NC(=O)[C@H](CC(=O)OCc1ccccc1)NC(=O)CNC(=O)[C@@H](N)CCCN=C(N)N[N+](=O)[O-])C(=O)NCC(=O)N[C@@H](CC(=O)OCc1ccccc1)C(=O)N[C@@H](COCc1ccccc1)C(=O)OCc1ccccc1)N[N+](=O)[O-]. The van der Waals surface area contributed by atoms with E-state index < -0.39 is 157 Å². The number of benzene rings is 5. The molecule has 0 aliphatic carbocycles. The number of hydrazine groups is 2. The van der Waals surface area contributed by atoms with Crippen LogP contribution in [0.25, 0.3) is 0 Å². The molecule has 0 aliphatic rings. The molecule has 35 heteroatoms. The van der Waals surface area contributed by atoms with Gasteiger partial charge in [0.1, 0.15) is 44.0 Å². The lowest BCUT2D eigenvalue weighted by atomic mass is 10.1. The number of nitrogens with one attached hydrogen (secondary N) is 9. The second-order valence-electron chi connectivity index (χ2n) is 21.8. The van der Waals surface area contributed by atoms with Crippen molar-refractivity contribution in [3.63, 3.8) is 0 Å². The van der Waals surface area contributed by atoms with Crippen molar-refractivity contribution in [3.05, 3.63) is 200 Å². The fraction of sp³-hybridized carbons (Fsp3) is 0.354. The molecule has 0 heterocycles. The Morgan fingerprint density at radius 3 is 1.16 bits per heavy atom. The van der Waals surface area contributed by atoms with Crippen molar-refractivity contribution in [2.24, 2.45) is 27.2 Å². The molecule has 0 aliphatic heterocycles. The maximum Gasteiger partial charge on any atom is 0.331 e. The molecule has 0 saturated heterocycles. The van der Waals surface area contributed by atoms with Gasteiger partial charge in [-0.2, -0.15) is 0 Å². The van der Waals surface area contributed by atoms with Gasteiger partial charge in [0, 0.05) is 13.1 Å². The second kappa shape index (κ2) is 44.0. The molecule has 15 N–H and O–H groups in total. The number of carbonyl (C=O) groups is 10. The van der Waals surface area contributed by atoms with Crippen LogP contribution in [-0.4, -0.2) is 157 Å². The molecule has 0 fully saturated rings. The summed E-state index contributed by atoms with van der Waals surface area (Å²) in [6.07, 6.45) is -2.02. The lowest BCUT2D eigenvalue weighted by Crippen LogP contribution is -2.59. The summed E-state index contributed by atoms with van der Waals surface area (Å²) in [5.41, 5.74) is 23.5. The van der Waals surface area contributed by atoms with Gasteiger partial charge in [-0.3, -0.25) is 43.2 Å². The molecule has 6 atom stereocenters. The minimum atomic E-state index is -1.83. The van der Waals surface area contributed by atoms with Gasteiger partial charge in [0.15, 0.2) is 16.1 Å². The molecule has 5 rings (SSSR count). The number of hydrogen-bond donors (Lipinski definition) is 12. The molecule has 7 amide bonds. The van der Waals surface area contributed by atoms with Crippen LogP contribution in [0, 0.1) is 20.2 Å². The highest BCUT2D eigenvalue weighted by Gasteiger charge is 2.34. The third kappa shape index (κ3) is 32.2. The fourth-order valence-corrected chi connectivity index (χ4v) is 8.82. The lowest BCUT2D eigenvalue weighted by Gasteiger charge is -2.25. The van der Waals surface area contributed by atoms with Gasteiger partial charge in [0.05, 0.1) is 58.4 Å². The van der Waals surface area contributed by atoms with E-state index in [-0.39, 0.29) is 71.8 Å². The summed E-state index contributed by atoms with van der Waals surface area (Å²) in [4.78, 5) is 168. The molecule has 0 radical (unpaired) electrons. The van der Waals surface area contributed by atoms with Gasteiger partial charge in [-0.15, -0.1) is 0 Å². The van der Waals surface area contributed by atoms with Gasteiger partial charge in [-0.05, 0) is 53.5 Å². The van der Waals surface area contributed by atoms with E-state index in [1.807, 2.05) is 0 Å².